The number of amides is 1. The van der Waals surface area contributed by atoms with Crippen molar-refractivity contribution >= 4 is 16.7 Å². The number of benzene rings is 1. The van der Waals surface area contributed by atoms with Crippen LogP contribution in [0.25, 0.3) is 10.8 Å². The highest BCUT2D eigenvalue weighted by molar-refractivity contribution is 5.87. The number of likely N-dealkylation sites (tertiary alicyclic amines) is 1. The molecular weight excluding hydrogens is 398 g/mol. The number of carbonyl (C=O) groups excluding carboxylic acids is 1. The van der Waals surface area contributed by atoms with Gasteiger partial charge in [0, 0.05) is 49.2 Å². The zero-order valence-electron chi connectivity index (χ0n) is 17.2. The predicted molar refractivity (Wildman–Crippen MR) is 111 cm³/mol. The molecule has 2 atom stereocenters. The molecule has 5 rings (SSSR count). The van der Waals surface area contributed by atoms with Gasteiger partial charge in [-0.2, -0.15) is 5.10 Å². The third-order valence-electron chi connectivity index (χ3n) is 5.74. The van der Waals surface area contributed by atoms with Gasteiger partial charge in [-0.25, -0.2) is 4.98 Å². The first-order valence-electron chi connectivity index (χ1n) is 10.6. The van der Waals surface area contributed by atoms with Gasteiger partial charge in [0.25, 0.3) is 0 Å². The number of ether oxygens (including phenoxy) is 3. The average Bonchev–Trinajstić information content (AvgIpc) is 3.42. The Hall–Kier alpha value is -3.04. The molecule has 31 heavy (non-hydrogen) atoms. The van der Waals surface area contributed by atoms with Crippen molar-refractivity contribution < 1.29 is 19.0 Å². The third kappa shape index (κ3) is 4.52. The van der Waals surface area contributed by atoms with Gasteiger partial charge in [-0.05, 0) is 18.6 Å². The first kappa shape index (κ1) is 19.9. The summed E-state index contributed by atoms with van der Waals surface area (Å²) >= 11 is 0. The van der Waals surface area contributed by atoms with Gasteiger partial charge in [-0.15, -0.1) is 0 Å². The molecule has 2 fully saturated rings. The van der Waals surface area contributed by atoms with Crippen LogP contribution in [0.2, 0.25) is 0 Å². The largest absolute Gasteiger partial charge is 0.485 e. The Kier molecular flexibility index (Phi) is 5.77. The summed E-state index contributed by atoms with van der Waals surface area (Å²) in [6, 6.07) is 7.87. The Bertz CT molecular complexity index is 1010. The highest BCUT2D eigenvalue weighted by Crippen LogP contribution is 2.27. The van der Waals surface area contributed by atoms with Gasteiger partial charge in [0.1, 0.15) is 36.7 Å². The fourth-order valence-corrected chi connectivity index (χ4v) is 4.12. The SMILES string of the molecule is O=C(CCCn1cncn1)N1C[C@@H]2OCC(Oc3cccc4cnccc34)CO[C@H]2C1. The normalized spacial score (nSPS) is 21.7. The van der Waals surface area contributed by atoms with E-state index in [4.69, 9.17) is 14.2 Å². The molecule has 0 unspecified atom stereocenters. The number of hydrogen-bond donors (Lipinski definition) is 0. The molecule has 0 bridgehead atoms. The van der Waals surface area contributed by atoms with Crippen LogP contribution in [0.15, 0.2) is 49.3 Å². The summed E-state index contributed by atoms with van der Waals surface area (Å²) in [5, 5.41) is 6.11. The molecule has 0 N–H and O–H groups in total. The first-order valence-corrected chi connectivity index (χ1v) is 10.6. The molecule has 162 valence electrons. The van der Waals surface area contributed by atoms with Gasteiger partial charge in [0.15, 0.2) is 0 Å². The average molecular weight is 423 g/mol. The smallest absolute Gasteiger partial charge is 0.222 e. The van der Waals surface area contributed by atoms with Gasteiger partial charge in [-0.1, -0.05) is 12.1 Å². The lowest BCUT2D eigenvalue weighted by Crippen LogP contribution is -2.32. The number of aromatic nitrogens is 4. The number of pyridine rings is 1. The molecule has 2 saturated heterocycles. The molecule has 3 aromatic rings. The van der Waals surface area contributed by atoms with Crippen LogP contribution < -0.4 is 4.74 Å². The summed E-state index contributed by atoms with van der Waals surface area (Å²) in [5.74, 6) is 0.922. The summed E-state index contributed by atoms with van der Waals surface area (Å²) in [6.45, 7) is 2.65. The predicted octanol–water partition coefficient (Wildman–Crippen LogP) is 1.68. The van der Waals surface area contributed by atoms with E-state index in [0.29, 0.717) is 39.3 Å². The number of carbonyl (C=O) groups is 1. The van der Waals surface area contributed by atoms with Crippen molar-refractivity contribution in [3.8, 4) is 5.75 Å². The van der Waals surface area contributed by atoms with Crippen LogP contribution in [-0.4, -0.2) is 75.2 Å². The second kappa shape index (κ2) is 8.99. The minimum atomic E-state index is -0.198. The van der Waals surface area contributed by atoms with E-state index in [-0.39, 0.29) is 24.2 Å². The zero-order chi connectivity index (χ0) is 21.0. The van der Waals surface area contributed by atoms with Crippen LogP contribution in [0.1, 0.15) is 12.8 Å². The summed E-state index contributed by atoms with van der Waals surface area (Å²) in [6.07, 6.45) is 7.51. The Morgan fingerprint density at radius 1 is 1.13 bits per heavy atom. The van der Waals surface area contributed by atoms with Crippen molar-refractivity contribution in [3.63, 3.8) is 0 Å². The highest BCUT2D eigenvalue weighted by Gasteiger charge is 2.39. The van der Waals surface area contributed by atoms with Crippen LogP contribution >= 0.6 is 0 Å². The molecule has 0 saturated carbocycles. The fraction of sp³-hybridized carbons (Fsp3) is 0.455. The van der Waals surface area contributed by atoms with E-state index in [1.165, 1.54) is 6.33 Å². The molecule has 0 radical (unpaired) electrons. The molecule has 0 spiro atoms. The maximum absolute atomic E-state index is 12.6. The van der Waals surface area contributed by atoms with Gasteiger partial charge in [0.05, 0.1) is 13.2 Å². The number of fused-ring (bicyclic) bond motifs is 2. The fourth-order valence-electron chi connectivity index (χ4n) is 4.12. The van der Waals surface area contributed by atoms with Crippen molar-refractivity contribution in [3.05, 3.63) is 49.3 Å². The van der Waals surface area contributed by atoms with Crippen molar-refractivity contribution in [2.75, 3.05) is 26.3 Å². The summed E-state index contributed by atoms with van der Waals surface area (Å²) in [5.41, 5.74) is 0. The first-order chi connectivity index (χ1) is 15.3. The molecule has 2 aromatic heterocycles. The van der Waals surface area contributed by atoms with E-state index >= 15 is 0 Å². The molecule has 2 aliphatic heterocycles. The second-order valence-corrected chi connectivity index (χ2v) is 7.90. The van der Waals surface area contributed by atoms with Crippen LogP contribution in [-0.2, 0) is 20.8 Å². The van der Waals surface area contributed by atoms with Crippen molar-refractivity contribution in [1.82, 2.24) is 24.6 Å². The molecule has 9 nitrogen and oxygen atoms in total. The number of nitrogens with zero attached hydrogens (tertiary/aromatic N) is 5. The minimum Gasteiger partial charge on any atom is -0.485 e. The lowest BCUT2D eigenvalue weighted by atomic mass is 10.1. The Morgan fingerprint density at radius 2 is 1.97 bits per heavy atom. The number of hydrogen-bond acceptors (Lipinski definition) is 7. The lowest BCUT2D eigenvalue weighted by Gasteiger charge is -2.20. The maximum atomic E-state index is 12.6. The monoisotopic (exact) mass is 423 g/mol. The van der Waals surface area contributed by atoms with Crippen LogP contribution in [0.5, 0.6) is 5.75 Å². The van der Waals surface area contributed by atoms with E-state index < -0.39 is 0 Å². The zero-order valence-corrected chi connectivity index (χ0v) is 17.2. The maximum Gasteiger partial charge on any atom is 0.222 e. The van der Waals surface area contributed by atoms with E-state index in [1.54, 1.807) is 17.2 Å². The van der Waals surface area contributed by atoms with E-state index in [2.05, 4.69) is 15.1 Å². The second-order valence-electron chi connectivity index (χ2n) is 7.90. The molecule has 2 aliphatic rings. The van der Waals surface area contributed by atoms with E-state index in [0.717, 1.165) is 22.9 Å². The molecule has 1 amide bonds. The number of aryl methyl sites for hydroxylation is 1. The Labute approximate surface area is 179 Å². The van der Waals surface area contributed by atoms with Crippen molar-refractivity contribution in [2.24, 2.45) is 0 Å². The minimum absolute atomic E-state index is 0.121. The summed E-state index contributed by atoms with van der Waals surface area (Å²) in [4.78, 5) is 22.5. The van der Waals surface area contributed by atoms with Crippen LogP contribution in [0.4, 0.5) is 0 Å². The lowest BCUT2D eigenvalue weighted by molar-refractivity contribution is -0.131. The third-order valence-corrected chi connectivity index (χ3v) is 5.74. The quantitative estimate of drug-likeness (QED) is 0.596. The van der Waals surface area contributed by atoms with Gasteiger partial charge in [-0.3, -0.25) is 14.5 Å². The van der Waals surface area contributed by atoms with Gasteiger partial charge < -0.3 is 19.1 Å². The molecule has 9 heteroatoms. The van der Waals surface area contributed by atoms with Crippen molar-refractivity contribution in [2.45, 2.75) is 37.7 Å². The Morgan fingerprint density at radius 3 is 2.74 bits per heavy atom. The van der Waals surface area contributed by atoms with Crippen LogP contribution in [0.3, 0.4) is 0 Å². The topological polar surface area (TPSA) is 91.6 Å². The van der Waals surface area contributed by atoms with E-state index in [1.807, 2.05) is 35.4 Å². The summed E-state index contributed by atoms with van der Waals surface area (Å²) in [7, 11) is 0. The van der Waals surface area contributed by atoms with E-state index in [9.17, 15) is 4.79 Å². The van der Waals surface area contributed by atoms with Gasteiger partial charge in [0.2, 0.25) is 5.91 Å². The van der Waals surface area contributed by atoms with Gasteiger partial charge >= 0.3 is 0 Å². The summed E-state index contributed by atoms with van der Waals surface area (Å²) < 4.78 is 20.1. The molecule has 1 aromatic carbocycles. The van der Waals surface area contributed by atoms with Crippen LogP contribution in [0, 0.1) is 0 Å². The number of rotatable bonds is 6. The van der Waals surface area contributed by atoms with Crippen molar-refractivity contribution in [1.29, 1.82) is 0 Å². The highest BCUT2D eigenvalue weighted by atomic mass is 16.6. The Balaban J connectivity index is 1.13. The molecule has 4 heterocycles. The molecular formula is C22H25N5O4. The standard InChI is InChI=1S/C22H25N5O4/c28-22(5-2-8-27-15-24-14-25-27)26-10-20-21(11-26)30-13-17(12-29-20)31-19-4-1-3-16-9-23-7-6-18(16)19/h1,3-4,6-7,9,14-15,17,20-21H,2,5,8,10-13H2/t20-,21-/m0/s1. The molecule has 0 aliphatic carbocycles.